The smallest absolute Gasteiger partial charge is 0.164 e. The average Bonchev–Trinajstić information content (AvgIpc) is 2.36. The Bertz CT molecular complexity index is 375. The van der Waals surface area contributed by atoms with Crippen LogP contribution in [0.25, 0.3) is 0 Å². The van der Waals surface area contributed by atoms with Crippen LogP contribution in [0, 0.1) is 5.82 Å². The third-order valence-corrected chi connectivity index (χ3v) is 3.32. The summed E-state index contributed by atoms with van der Waals surface area (Å²) in [5, 5.41) is 0. The van der Waals surface area contributed by atoms with E-state index >= 15 is 0 Å². The monoisotopic (exact) mass is 251 g/mol. The van der Waals surface area contributed by atoms with E-state index in [1.807, 2.05) is 7.05 Å². The molecule has 1 rings (SSSR count). The maximum absolute atomic E-state index is 12.7. The first-order chi connectivity index (χ1) is 8.54. The molecule has 1 aromatic rings. The lowest BCUT2D eigenvalue weighted by atomic mass is 10.1. The fourth-order valence-electron chi connectivity index (χ4n) is 1.92. The number of carbonyl (C=O) groups is 1. The van der Waals surface area contributed by atoms with Crippen LogP contribution in [0.3, 0.4) is 0 Å². The summed E-state index contributed by atoms with van der Waals surface area (Å²) in [4.78, 5) is 14.1. The van der Waals surface area contributed by atoms with E-state index in [0.29, 0.717) is 18.0 Å². The van der Waals surface area contributed by atoms with Crippen LogP contribution in [0.2, 0.25) is 0 Å². The van der Waals surface area contributed by atoms with Crippen LogP contribution in [0.5, 0.6) is 0 Å². The van der Waals surface area contributed by atoms with Crippen molar-refractivity contribution in [2.45, 2.75) is 39.2 Å². The normalized spacial score (nSPS) is 12.7. The number of hydrogen-bond acceptors (Lipinski definition) is 2. The molecule has 0 spiro atoms. The molecule has 0 amide bonds. The lowest BCUT2D eigenvalue weighted by Crippen LogP contribution is -2.30. The van der Waals surface area contributed by atoms with Crippen molar-refractivity contribution in [2.24, 2.45) is 0 Å². The molecule has 0 bridgehead atoms. The van der Waals surface area contributed by atoms with Crippen LogP contribution < -0.4 is 0 Å². The van der Waals surface area contributed by atoms with E-state index in [9.17, 15) is 9.18 Å². The number of Topliss-reactive ketones (excluding diaryl/α,β-unsaturated/α-hetero) is 1. The van der Waals surface area contributed by atoms with Crippen LogP contribution in [-0.2, 0) is 0 Å². The predicted molar refractivity (Wildman–Crippen MR) is 72.3 cm³/mol. The van der Waals surface area contributed by atoms with Gasteiger partial charge in [-0.25, -0.2) is 4.39 Å². The van der Waals surface area contributed by atoms with Crippen molar-refractivity contribution >= 4 is 5.78 Å². The van der Waals surface area contributed by atoms with Crippen molar-refractivity contribution in [1.29, 1.82) is 0 Å². The number of rotatable bonds is 7. The van der Waals surface area contributed by atoms with Gasteiger partial charge in [0.1, 0.15) is 5.82 Å². The molecule has 18 heavy (non-hydrogen) atoms. The Balaban J connectivity index is 2.43. The van der Waals surface area contributed by atoms with Crippen molar-refractivity contribution in [1.82, 2.24) is 4.90 Å². The molecule has 0 aromatic heterocycles. The summed E-state index contributed by atoms with van der Waals surface area (Å²) in [6, 6.07) is 6.25. The summed E-state index contributed by atoms with van der Waals surface area (Å²) in [5.74, 6) is -0.231. The van der Waals surface area contributed by atoms with Gasteiger partial charge in [-0.1, -0.05) is 13.3 Å². The van der Waals surface area contributed by atoms with E-state index in [1.165, 1.54) is 12.1 Å². The average molecular weight is 251 g/mol. The summed E-state index contributed by atoms with van der Waals surface area (Å²) in [7, 11) is 2.04. The zero-order valence-electron chi connectivity index (χ0n) is 11.4. The molecule has 100 valence electrons. The van der Waals surface area contributed by atoms with Gasteiger partial charge >= 0.3 is 0 Å². The highest BCUT2D eigenvalue weighted by molar-refractivity contribution is 5.96. The second-order valence-electron chi connectivity index (χ2n) is 4.80. The quantitative estimate of drug-likeness (QED) is 0.691. The van der Waals surface area contributed by atoms with Crippen molar-refractivity contribution in [2.75, 3.05) is 13.6 Å². The van der Waals surface area contributed by atoms with Gasteiger partial charge in [0.15, 0.2) is 5.78 Å². The lowest BCUT2D eigenvalue weighted by molar-refractivity contribution is 0.0961. The van der Waals surface area contributed by atoms with Crippen molar-refractivity contribution in [3.8, 4) is 0 Å². The number of carbonyl (C=O) groups excluding carboxylic acids is 1. The molecule has 0 aliphatic rings. The maximum atomic E-state index is 12.7. The molecule has 0 N–H and O–H groups in total. The predicted octanol–water partition coefficient (Wildman–Crippen LogP) is 3.52. The van der Waals surface area contributed by atoms with E-state index in [1.54, 1.807) is 12.1 Å². The van der Waals surface area contributed by atoms with E-state index in [4.69, 9.17) is 0 Å². The molecular weight excluding hydrogens is 229 g/mol. The van der Waals surface area contributed by atoms with Crippen molar-refractivity contribution in [3.05, 3.63) is 35.6 Å². The Labute approximate surface area is 109 Å². The first kappa shape index (κ1) is 14.8. The summed E-state index contributed by atoms with van der Waals surface area (Å²) in [6.07, 6.45) is 2.77. The fourth-order valence-corrected chi connectivity index (χ4v) is 1.92. The van der Waals surface area contributed by atoms with E-state index < -0.39 is 0 Å². The number of benzene rings is 1. The van der Waals surface area contributed by atoms with Gasteiger partial charge in [-0.3, -0.25) is 4.79 Å². The van der Waals surface area contributed by atoms with Crippen LogP contribution in [0.4, 0.5) is 4.39 Å². The molecule has 0 heterocycles. The SMILES string of the molecule is CCCC(C)N(C)CCC(=O)c1ccc(F)cc1. The number of hydrogen-bond donors (Lipinski definition) is 0. The molecule has 0 saturated heterocycles. The van der Waals surface area contributed by atoms with Gasteiger partial charge in [-0.2, -0.15) is 0 Å². The topological polar surface area (TPSA) is 20.3 Å². The van der Waals surface area contributed by atoms with Gasteiger partial charge in [-0.05, 0) is 44.7 Å². The highest BCUT2D eigenvalue weighted by Crippen LogP contribution is 2.09. The molecule has 1 unspecified atom stereocenters. The molecule has 3 heteroatoms. The van der Waals surface area contributed by atoms with Gasteiger partial charge in [0, 0.05) is 24.6 Å². The van der Waals surface area contributed by atoms with E-state index in [2.05, 4.69) is 18.7 Å². The van der Waals surface area contributed by atoms with Gasteiger partial charge < -0.3 is 4.90 Å². The van der Waals surface area contributed by atoms with Crippen LogP contribution in [0.15, 0.2) is 24.3 Å². The second-order valence-corrected chi connectivity index (χ2v) is 4.80. The van der Waals surface area contributed by atoms with Gasteiger partial charge in [0.25, 0.3) is 0 Å². The molecule has 1 atom stereocenters. The van der Waals surface area contributed by atoms with E-state index in [0.717, 1.165) is 19.4 Å². The molecular formula is C15H22FNO. The third-order valence-electron chi connectivity index (χ3n) is 3.32. The number of nitrogens with zero attached hydrogens (tertiary/aromatic N) is 1. The lowest BCUT2D eigenvalue weighted by Gasteiger charge is -2.23. The number of halogens is 1. The summed E-state index contributed by atoms with van der Waals surface area (Å²) in [5.41, 5.74) is 0.591. The first-order valence-corrected chi connectivity index (χ1v) is 6.53. The van der Waals surface area contributed by atoms with Gasteiger partial charge in [0.05, 0.1) is 0 Å². The molecule has 2 nitrogen and oxygen atoms in total. The largest absolute Gasteiger partial charge is 0.303 e. The molecule has 0 radical (unpaired) electrons. The maximum Gasteiger partial charge on any atom is 0.164 e. The minimum atomic E-state index is -0.305. The highest BCUT2D eigenvalue weighted by atomic mass is 19.1. The van der Waals surface area contributed by atoms with Crippen molar-refractivity contribution < 1.29 is 9.18 Å². The van der Waals surface area contributed by atoms with Gasteiger partial charge in [0.2, 0.25) is 0 Å². The van der Waals surface area contributed by atoms with Crippen LogP contribution in [-0.4, -0.2) is 30.3 Å². The Morgan fingerprint density at radius 1 is 1.33 bits per heavy atom. The molecule has 0 fully saturated rings. The summed E-state index contributed by atoms with van der Waals surface area (Å²) >= 11 is 0. The standard InChI is InChI=1S/C15H22FNO/c1-4-5-12(2)17(3)11-10-15(18)13-6-8-14(16)9-7-13/h6-9,12H,4-5,10-11H2,1-3H3. The van der Waals surface area contributed by atoms with E-state index in [-0.39, 0.29) is 11.6 Å². The van der Waals surface area contributed by atoms with Crippen LogP contribution >= 0.6 is 0 Å². The zero-order chi connectivity index (χ0) is 13.5. The first-order valence-electron chi connectivity index (χ1n) is 6.53. The fraction of sp³-hybridized carbons (Fsp3) is 0.533. The highest BCUT2D eigenvalue weighted by Gasteiger charge is 2.11. The molecule has 0 aliphatic carbocycles. The molecule has 0 aliphatic heterocycles. The number of ketones is 1. The van der Waals surface area contributed by atoms with Crippen LogP contribution in [0.1, 0.15) is 43.5 Å². The minimum Gasteiger partial charge on any atom is -0.303 e. The zero-order valence-corrected chi connectivity index (χ0v) is 11.4. The minimum absolute atomic E-state index is 0.0746. The summed E-state index contributed by atoms with van der Waals surface area (Å²) < 4.78 is 12.7. The summed E-state index contributed by atoms with van der Waals surface area (Å²) in [6.45, 7) is 5.08. The Hall–Kier alpha value is -1.22. The van der Waals surface area contributed by atoms with Crippen molar-refractivity contribution in [3.63, 3.8) is 0 Å². The Kier molecular flexibility index (Phi) is 5.99. The second kappa shape index (κ2) is 7.27. The Morgan fingerprint density at radius 2 is 1.94 bits per heavy atom. The molecule has 0 saturated carbocycles. The third kappa shape index (κ3) is 4.57. The molecule has 1 aromatic carbocycles. The Morgan fingerprint density at radius 3 is 2.50 bits per heavy atom. The van der Waals surface area contributed by atoms with Gasteiger partial charge in [-0.15, -0.1) is 0 Å².